The summed E-state index contributed by atoms with van der Waals surface area (Å²) in [4.78, 5) is 26.3. The average molecular weight is 402 g/mol. The molecule has 2 N–H and O–H groups in total. The second-order valence-electron chi connectivity index (χ2n) is 8.89. The first-order valence-corrected chi connectivity index (χ1v) is 10.9. The lowest BCUT2D eigenvalue weighted by Gasteiger charge is -2.39. The predicted octanol–water partition coefficient (Wildman–Crippen LogP) is 2.48. The van der Waals surface area contributed by atoms with Gasteiger partial charge in [0.15, 0.2) is 0 Å². The molecule has 2 heterocycles. The van der Waals surface area contributed by atoms with Crippen molar-refractivity contribution in [3.63, 3.8) is 0 Å². The SMILES string of the molecule is CC(=O)N[C@@H](C(=O)NC[C@H]1CCC2(CCN(Cc3ccccc3)CC2)O1)C(C)C. The molecule has 0 radical (unpaired) electrons. The highest BCUT2D eigenvalue weighted by Gasteiger charge is 2.42. The second kappa shape index (κ2) is 9.72. The Labute approximate surface area is 174 Å². The zero-order chi connectivity index (χ0) is 20.9. The van der Waals surface area contributed by atoms with Gasteiger partial charge in [0.1, 0.15) is 6.04 Å². The van der Waals surface area contributed by atoms with Crippen LogP contribution in [0.15, 0.2) is 30.3 Å². The Hall–Kier alpha value is -1.92. The van der Waals surface area contributed by atoms with Crippen LogP contribution in [0.25, 0.3) is 0 Å². The Morgan fingerprint density at radius 1 is 1.17 bits per heavy atom. The lowest BCUT2D eigenvalue weighted by Crippen LogP contribution is -2.50. The summed E-state index contributed by atoms with van der Waals surface area (Å²) in [5, 5.41) is 5.72. The third-order valence-electron chi connectivity index (χ3n) is 6.17. The maximum Gasteiger partial charge on any atom is 0.242 e. The molecule has 160 valence electrons. The van der Waals surface area contributed by atoms with Crippen LogP contribution in [0.2, 0.25) is 0 Å². The Morgan fingerprint density at radius 3 is 2.48 bits per heavy atom. The van der Waals surface area contributed by atoms with Gasteiger partial charge in [-0.3, -0.25) is 14.5 Å². The van der Waals surface area contributed by atoms with E-state index < -0.39 is 6.04 Å². The molecule has 1 aromatic carbocycles. The molecule has 0 saturated carbocycles. The van der Waals surface area contributed by atoms with Crippen molar-refractivity contribution in [3.05, 3.63) is 35.9 Å². The van der Waals surface area contributed by atoms with Crippen molar-refractivity contribution in [2.45, 2.75) is 70.7 Å². The molecule has 6 heteroatoms. The fourth-order valence-electron chi connectivity index (χ4n) is 4.45. The van der Waals surface area contributed by atoms with Crippen LogP contribution in [-0.2, 0) is 20.9 Å². The number of hydrogen-bond donors (Lipinski definition) is 2. The lowest BCUT2D eigenvalue weighted by molar-refractivity contribution is -0.130. The molecular weight excluding hydrogens is 366 g/mol. The van der Waals surface area contributed by atoms with Crippen LogP contribution in [0.5, 0.6) is 0 Å². The minimum absolute atomic E-state index is 0.0301. The molecule has 3 rings (SSSR count). The van der Waals surface area contributed by atoms with Crippen molar-refractivity contribution < 1.29 is 14.3 Å². The van der Waals surface area contributed by atoms with E-state index in [1.165, 1.54) is 12.5 Å². The lowest BCUT2D eigenvalue weighted by atomic mass is 9.88. The van der Waals surface area contributed by atoms with Crippen LogP contribution >= 0.6 is 0 Å². The second-order valence-corrected chi connectivity index (χ2v) is 8.89. The zero-order valence-electron chi connectivity index (χ0n) is 17.9. The number of hydrogen-bond acceptors (Lipinski definition) is 4. The molecule has 0 bridgehead atoms. The van der Waals surface area contributed by atoms with E-state index >= 15 is 0 Å². The van der Waals surface area contributed by atoms with Gasteiger partial charge in [0.25, 0.3) is 0 Å². The minimum Gasteiger partial charge on any atom is -0.370 e. The van der Waals surface area contributed by atoms with Crippen LogP contribution < -0.4 is 10.6 Å². The number of likely N-dealkylation sites (tertiary alicyclic amines) is 1. The molecule has 6 nitrogen and oxygen atoms in total. The Morgan fingerprint density at radius 2 is 1.86 bits per heavy atom. The third-order valence-corrected chi connectivity index (χ3v) is 6.17. The van der Waals surface area contributed by atoms with Crippen molar-refractivity contribution in [1.29, 1.82) is 0 Å². The van der Waals surface area contributed by atoms with E-state index in [4.69, 9.17) is 4.74 Å². The summed E-state index contributed by atoms with van der Waals surface area (Å²) in [7, 11) is 0. The largest absolute Gasteiger partial charge is 0.370 e. The summed E-state index contributed by atoms with van der Waals surface area (Å²) in [5.74, 6) is -0.265. The number of amides is 2. The van der Waals surface area contributed by atoms with E-state index in [0.29, 0.717) is 6.54 Å². The molecule has 2 fully saturated rings. The molecule has 0 aliphatic carbocycles. The number of carbonyl (C=O) groups is 2. The molecule has 1 aromatic rings. The van der Waals surface area contributed by atoms with Crippen LogP contribution in [0, 0.1) is 5.92 Å². The van der Waals surface area contributed by atoms with Gasteiger partial charge >= 0.3 is 0 Å². The van der Waals surface area contributed by atoms with Gasteiger partial charge in [0.05, 0.1) is 11.7 Å². The van der Waals surface area contributed by atoms with Crippen LogP contribution in [-0.4, -0.2) is 54.1 Å². The Bertz CT molecular complexity index is 684. The molecule has 0 unspecified atom stereocenters. The molecular formula is C23H35N3O3. The molecule has 1 spiro atoms. The zero-order valence-corrected chi connectivity index (χ0v) is 17.9. The Kier molecular flexibility index (Phi) is 7.30. The van der Waals surface area contributed by atoms with Gasteiger partial charge in [-0.15, -0.1) is 0 Å². The molecule has 2 aliphatic heterocycles. The maximum atomic E-state index is 12.5. The number of nitrogens with zero attached hydrogens (tertiary/aromatic N) is 1. The average Bonchev–Trinajstić information content (AvgIpc) is 3.09. The van der Waals surface area contributed by atoms with Gasteiger partial charge in [-0.25, -0.2) is 0 Å². The van der Waals surface area contributed by atoms with Crippen molar-refractivity contribution in [2.75, 3.05) is 19.6 Å². The van der Waals surface area contributed by atoms with E-state index in [1.807, 2.05) is 13.8 Å². The molecule has 2 saturated heterocycles. The number of piperidine rings is 1. The van der Waals surface area contributed by atoms with E-state index in [-0.39, 0.29) is 29.4 Å². The van der Waals surface area contributed by atoms with E-state index in [1.54, 1.807) is 0 Å². The van der Waals surface area contributed by atoms with Crippen LogP contribution in [0.3, 0.4) is 0 Å². The smallest absolute Gasteiger partial charge is 0.242 e. The van der Waals surface area contributed by atoms with Gasteiger partial charge in [0, 0.05) is 33.1 Å². The third kappa shape index (κ3) is 6.03. The first kappa shape index (κ1) is 21.8. The van der Waals surface area contributed by atoms with Crippen molar-refractivity contribution in [2.24, 2.45) is 5.92 Å². The van der Waals surface area contributed by atoms with Gasteiger partial charge in [0.2, 0.25) is 11.8 Å². The molecule has 29 heavy (non-hydrogen) atoms. The first-order chi connectivity index (χ1) is 13.9. The summed E-state index contributed by atoms with van der Waals surface area (Å²) in [6.45, 7) is 8.91. The Balaban J connectivity index is 1.43. The number of rotatable bonds is 7. The predicted molar refractivity (Wildman–Crippen MR) is 113 cm³/mol. The fourth-order valence-corrected chi connectivity index (χ4v) is 4.45. The van der Waals surface area contributed by atoms with Crippen molar-refractivity contribution in [3.8, 4) is 0 Å². The van der Waals surface area contributed by atoms with Gasteiger partial charge < -0.3 is 15.4 Å². The molecule has 2 atom stereocenters. The maximum absolute atomic E-state index is 12.5. The highest BCUT2D eigenvalue weighted by molar-refractivity contribution is 5.87. The number of ether oxygens (including phenoxy) is 1. The standard InChI is InChI=1S/C23H35N3O3/c1-17(2)21(25-18(3)27)22(28)24-15-20-9-10-23(29-20)11-13-26(14-12-23)16-19-7-5-4-6-8-19/h4-8,17,20-21H,9-16H2,1-3H3,(H,24,28)(H,25,27)/t20-,21-/m1/s1. The van der Waals surface area contributed by atoms with Crippen molar-refractivity contribution in [1.82, 2.24) is 15.5 Å². The number of carbonyl (C=O) groups excluding carboxylic acids is 2. The number of benzene rings is 1. The summed E-state index contributed by atoms with van der Waals surface area (Å²) in [6, 6.07) is 10.1. The van der Waals surface area contributed by atoms with Crippen LogP contribution in [0.1, 0.15) is 52.0 Å². The summed E-state index contributed by atoms with van der Waals surface area (Å²) in [6.07, 6.45) is 4.19. The quantitative estimate of drug-likeness (QED) is 0.736. The molecule has 0 aromatic heterocycles. The summed E-state index contributed by atoms with van der Waals surface area (Å²) in [5.41, 5.74) is 1.33. The molecule has 2 amide bonds. The van der Waals surface area contributed by atoms with E-state index in [9.17, 15) is 9.59 Å². The first-order valence-electron chi connectivity index (χ1n) is 10.9. The topological polar surface area (TPSA) is 70.7 Å². The van der Waals surface area contributed by atoms with Gasteiger partial charge in [-0.1, -0.05) is 44.2 Å². The van der Waals surface area contributed by atoms with E-state index in [2.05, 4.69) is 45.9 Å². The van der Waals surface area contributed by atoms with E-state index in [0.717, 1.165) is 45.3 Å². The number of nitrogens with one attached hydrogen (secondary N) is 2. The molecule has 2 aliphatic rings. The van der Waals surface area contributed by atoms with Crippen molar-refractivity contribution >= 4 is 11.8 Å². The fraction of sp³-hybridized carbons (Fsp3) is 0.652. The van der Waals surface area contributed by atoms with Crippen LogP contribution in [0.4, 0.5) is 0 Å². The minimum atomic E-state index is -0.496. The highest BCUT2D eigenvalue weighted by Crippen LogP contribution is 2.39. The van der Waals surface area contributed by atoms with Gasteiger partial charge in [-0.05, 0) is 37.2 Å². The summed E-state index contributed by atoms with van der Waals surface area (Å²) >= 11 is 0. The van der Waals surface area contributed by atoms with Gasteiger partial charge in [-0.2, -0.15) is 0 Å². The highest BCUT2D eigenvalue weighted by atomic mass is 16.5. The summed E-state index contributed by atoms with van der Waals surface area (Å²) < 4.78 is 6.43. The monoisotopic (exact) mass is 401 g/mol. The normalized spacial score (nSPS) is 22.6.